The third-order valence-electron chi connectivity index (χ3n) is 4.69. The molecule has 5 nitrogen and oxygen atoms in total. The Labute approximate surface area is 157 Å². The quantitative estimate of drug-likeness (QED) is 0.708. The third kappa shape index (κ3) is 3.58. The summed E-state index contributed by atoms with van der Waals surface area (Å²) in [5.41, 5.74) is 3.06. The van der Waals surface area contributed by atoms with Gasteiger partial charge in [-0.3, -0.25) is 9.59 Å². The number of nitrogens with one attached hydrogen (secondary N) is 2. The summed E-state index contributed by atoms with van der Waals surface area (Å²) in [4.78, 5) is 27.4. The van der Waals surface area contributed by atoms with Crippen LogP contribution < -0.4 is 15.6 Å². The molecule has 1 heterocycles. The molecule has 144 valence electrons. The highest BCUT2D eigenvalue weighted by Gasteiger charge is 2.31. The van der Waals surface area contributed by atoms with Gasteiger partial charge >= 0.3 is 6.36 Å². The van der Waals surface area contributed by atoms with E-state index in [9.17, 15) is 22.8 Å². The first-order valence-electron chi connectivity index (χ1n) is 8.65. The molecule has 1 aliphatic carbocycles. The molecule has 2 N–H and O–H groups in total. The molecule has 0 unspecified atom stereocenters. The van der Waals surface area contributed by atoms with Gasteiger partial charge in [0, 0.05) is 22.2 Å². The fraction of sp³-hybridized carbons (Fsp3) is 0.200. The zero-order chi connectivity index (χ0) is 19.9. The molecule has 1 amide bonds. The number of alkyl halides is 3. The van der Waals surface area contributed by atoms with Crippen LogP contribution in [0.3, 0.4) is 0 Å². The van der Waals surface area contributed by atoms with Crippen LogP contribution in [-0.4, -0.2) is 17.3 Å². The highest BCUT2D eigenvalue weighted by atomic mass is 19.4. The van der Waals surface area contributed by atoms with Crippen molar-refractivity contribution in [2.75, 3.05) is 5.32 Å². The van der Waals surface area contributed by atoms with Crippen LogP contribution >= 0.6 is 0 Å². The third-order valence-corrected chi connectivity index (χ3v) is 4.69. The minimum absolute atomic E-state index is 0.108. The van der Waals surface area contributed by atoms with Crippen molar-refractivity contribution in [2.45, 2.75) is 25.6 Å². The Morgan fingerprint density at radius 1 is 1.04 bits per heavy atom. The Morgan fingerprint density at radius 3 is 2.46 bits per heavy atom. The number of carbonyl (C=O) groups excluding carboxylic acids is 1. The Balaban J connectivity index is 1.55. The van der Waals surface area contributed by atoms with Crippen molar-refractivity contribution in [3.63, 3.8) is 0 Å². The second-order valence-electron chi connectivity index (χ2n) is 6.55. The Bertz CT molecular complexity index is 1120. The number of amides is 1. The number of H-pyrrole nitrogens is 1. The molecule has 8 heteroatoms. The summed E-state index contributed by atoms with van der Waals surface area (Å²) in [6, 6.07) is 9.89. The SMILES string of the molecule is O=C(Nc1ccc2c3c(c(=O)[nH]c2c1)CCC3)c1ccc(OC(F)(F)F)cc1. The Morgan fingerprint density at radius 2 is 1.75 bits per heavy atom. The van der Waals surface area contributed by atoms with Crippen LogP contribution in [0.25, 0.3) is 10.9 Å². The van der Waals surface area contributed by atoms with Crippen LogP contribution in [0.5, 0.6) is 5.75 Å². The molecule has 0 saturated carbocycles. The molecular weight excluding hydrogens is 373 g/mol. The van der Waals surface area contributed by atoms with Gasteiger partial charge in [-0.1, -0.05) is 6.07 Å². The standard InChI is InChI=1S/C20H15F3N2O3/c21-20(22,23)28-13-7-4-11(5-8-13)18(26)24-12-6-9-15-14-2-1-3-16(14)19(27)25-17(15)10-12/h4-10H,1-3H2,(H,24,26)(H,25,27). The highest BCUT2D eigenvalue weighted by Crippen LogP contribution is 2.28. The lowest BCUT2D eigenvalue weighted by Gasteiger charge is -2.10. The van der Waals surface area contributed by atoms with Gasteiger partial charge in [0.25, 0.3) is 11.5 Å². The maximum Gasteiger partial charge on any atom is 0.573 e. The molecule has 0 bridgehead atoms. The lowest BCUT2D eigenvalue weighted by molar-refractivity contribution is -0.274. The number of rotatable bonds is 3. The van der Waals surface area contributed by atoms with Crippen molar-refractivity contribution < 1.29 is 22.7 Å². The molecule has 0 aliphatic heterocycles. The molecule has 1 aromatic heterocycles. The molecule has 28 heavy (non-hydrogen) atoms. The van der Waals surface area contributed by atoms with Crippen molar-refractivity contribution in [3.8, 4) is 5.75 Å². The van der Waals surface area contributed by atoms with E-state index in [4.69, 9.17) is 0 Å². The van der Waals surface area contributed by atoms with E-state index in [0.717, 1.165) is 47.9 Å². The van der Waals surface area contributed by atoms with Gasteiger partial charge in [-0.05, 0) is 61.2 Å². The van der Waals surface area contributed by atoms with E-state index < -0.39 is 18.0 Å². The maximum absolute atomic E-state index is 12.4. The number of hydrogen-bond acceptors (Lipinski definition) is 3. The van der Waals surface area contributed by atoms with Gasteiger partial charge in [-0.25, -0.2) is 0 Å². The number of ether oxygens (including phenoxy) is 1. The van der Waals surface area contributed by atoms with Crippen LogP contribution in [-0.2, 0) is 12.8 Å². The van der Waals surface area contributed by atoms with Crippen molar-refractivity contribution in [3.05, 3.63) is 69.5 Å². The first-order valence-corrected chi connectivity index (χ1v) is 8.65. The van der Waals surface area contributed by atoms with E-state index in [1.165, 1.54) is 12.1 Å². The molecule has 3 aromatic rings. The monoisotopic (exact) mass is 388 g/mol. The van der Waals surface area contributed by atoms with Crippen LogP contribution in [0, 0.1) is 0 Å². The second kappa shape index (κ2) is 6.70. The van der Waals surface area contributed by atoms with Gasteiger partial charge in [0.15, 0.2) is 0 Å². The molecule has 0 fully saturated rings. The average Bonchev–Trinajstić information content (AvgIpc) is 3.11. The minimum atomic E-state index is -4.79. The lowest BCUT2D eigenvalue weighted by atomic mass is 10.1. The van der Waals surface area contributed by atoms with Gasteiger partial charge in [0.05, 0.1) is 5.52 Å². The number of pyridine rings is 1. The van der Waals surface area contributed by atoms with Crippen LogP contribution in [0.15, 0.2) is 47.3 Å². The average molecular weight is 388 g/mol. The minimum Gasteiger partial charge on any atom is -0.406 e. The summed E-state index contributed by atoms with van der Waals surface area (Å²) in [6.07, 6.45) is -2.21. The zero-order valence-electron chi connectivity index (χ0n) is 14.5. The number of hydrogen-bond donors (Lipinski definition) is 2. The highest BCUT2D eigenvalue weighted by molar-refractivity contribution is 6.05. The van der Waals surface area contributed by atoms with Crippen molar-refractivity contribution in [2.24, 2.45) is 0 Å². The smallest absolute Gasteiger partial charge is 0.406 e. The van der Waals surface area contributed by atoms with Gasteiger partial charge in [-0.15, -0.1) is 13.2 Å². The van der Waals surface area contributed by atoms with Crippen molar-refractivity contribution in [1.82, 2.24) is 4.98 Å². The molecule has 0 spiro atoms. The van der Waals surface area contributed by atoms with Gasteiger partial charge in [0.1, 0.15) is 5.75 Å². The lowest BCUT2D eigenvalue weighted by Crippen LogP contribution is -2.17. The molecule has 1 aliphatic rings. The predicted octanol–water partition coefficient (Wildman–Crippen LogP) is 4.17. The summed E-state index contributed by atoms with van der Waals surface area (Å²) >= 11 is 0. The molecule has 0 saturated heterocycles. The topological polar surface area (TPSA) is 71.2 Å². The first-order chi connectivity index (χ1) is 13.3. The molecule has 2 aromatic carbocycles. The molecule has 0 radical (unpaired) electrons. The van der Waals surface area contributed by atoms with Crippen LogP contribution in [0.2, 0.25) is 0 Å². The fourth-order valence-corrected chi connectivity index (χ4v) is 3.49. The summed E-state index contributed by atoms with van der Waals surface area (Å²) in [6.45, 7) is 0. The number of anilines is 1. The summed E-state index contributed by atoms with van der Waals surface area (Å²) < 4.78 is 40.4. The number of carbonyl (C=O) groups is 1. The fourth-order valence-electron chi connectivity index (χ4n) is 3.49. The number of aryl methyl sites for hydroxylation is 1. The number of aromatic nitrogens is 1. The Hall–Kier alpha value is -3.29. The van der Waals surface area contributed by atoms with E-state index in [-0.39, 0.29) is 11.1 Å². The molecule has 0 atom stereocenters. The molecule has 4 rings (SSSR count). The van der Waals surface area contributed by atoms with Gasteiger partial charge in [-0.2, -0.15) is 0 Å². The van der Waals surface area contributed by atoms with E-state index in [1.807, 2.05) is 6.07 Å². The number of aromatic amines is 1. The van der Waals surface area contributed by atoms with E-state index in [1.54, 1.807) is 12.1 Å². The zero-order valence-corrected chi connectivity index (χ0v) is 14.5. The van der Waals surface area contributed by atoms with E-state index in [2.05, 4.69) is 15.0 Å². The summed E-state index contributed by atoms with van der Waals surface area (Å²) in [5.74, 6) is -0.886. The second-order valence-corrected chi connectivity index (χ2v) is 6.55. The number of benzene rings is 2. The van der Waals surface area contributed by atoms with Crippen molar-refractivity contribution in [1.29, 1.82) is 0 Å². The maximum atomic E-state index is 12.4. The number of fused-ring (bicyclic) bond motifs is 3. The van der Waals surface area contributed by atoms with Crippen molar-refractivity contribution >= 4 is 22.5 Å². The summed E-state index contributed by atoms with van der Waals surface area (Å²) in [5, 5.41) is 3.64. The van der Waals surface area contributed by atoms with E-state index >= 15 is 0 Å². The first kappa shape index (κ1) is 18.1. The van der Waals surface area contributed by atoms with Gasteiger partial charge < -0.3 is 15.0 Å². The van der Waals surface area contributed by atoms with Crippen LogP contribution in [0.4, 0.5) is 18.9 Å². The molecular formula is C20H15F3N2O3. The predicted molar refractivity (Wildman–Crippen MR) is 97.7 cm³/mol. The summed E-state index contributed by atoms with van der Waals surface area (Å²) in [7, 11) is 0. The van der Waals surface area contributed by atoms with Gasteiger partial charge in [0.2, 0.25) is 0 Å². The Kier molecular flexibility index (Phi) is 4.33. The number of halogens is 3. The van der Waals surface area contributed by atoms with E-state index in [0.29, 0.717) is 11.2 Å². The largest absolute Gasteiger partial charge is 0.573 e. The van der Waals surface area contributed by atoms with Crippen LogP contribution in [0.1, 0.15) is 27.9 Å². The normalized spacial score (nSPS) is 13.4.